The molecule has 0 aromatic heterocycles. The van der Waals surface area contributed by atoms with Gasteiger partial charge in [-0.1, -0.05) is 44.2 Å². The summed E-state index contributed by atoms with van der Waals surface area (Å²) in [6, 6.07) is 10.3. The summed E-state index contributed by atoms with van der Waals surface area (Å²) in [5, 5.41) is 7.12. The Hall–Kier alpha value is -2.62. The van der Waals surface area contributed by atoms with Crippen molar-refractivity contribution >= 4 is 17.8 Å². The van der Waals surface area contributed by atoms with Crippen molar-refractivity contribution in [3.05, 3.63) is 35.9 Å². The highest BCUT2D eigenvalue weighted by Crippen LogP contribution is 2.57. The van der Waals surface area contributed by atoms with Crippen LogP contribution in [0.5, 0.6) is 0 Å². The van der Waals surface area contributed by atoms with Gasteiger partial charge in [-0.25, -0.2) is 4.79 Å². The first-order valence-electron chi connectivity index (χ1n) is 12.9. The molecule has 3 aliphatic heterocycles. The molecule has 3 fully saturated rings. The molecule has 0 bridgehead atoms. The van der Waals surface area contributed by atoms with E-state index in [1.54, 1.807) is 0 Å². The Bertz CT molecular complexity index is 961. The lowest BCUT2D eigenvalue weighted by atomic mass is 9.60. The number of carboxylic acid groups (broad SMARTS) is 1. The van der Waals surface area contributed by atoms with Gasteiger partial charge in [-0.05, 0) is 37.2 Å². The molecule has 3 aliphatic rings. The van der Waals surface area contributed by atoms with Crippen LogP contribution in [0.25, 0.3) is 0 Å². The number of carboxylic acids is 1. The van der Waals surface area contributed by atoms with E-state index in [0.29, 0.717) is 18.2 Å². The fraction of sp³-hybridized carbons (Fsp3) is 0.667. The number of halogens is 3. The van der Waals surface area contributed by atoms with Crippen LogP contribution < -0.4 is 0 Å². The predicted octanol–water partition coefficient (Wildman–Crippen LogP) is 3.68. The largest absolute Gasteiger partial charge is 0.490 e. The molecule has 2 spiro atoms. The van der Waals surface area contributed by atoms with Gasteiger partial charge in [0.1, 0.15) is 0 Å². The van der Waals surface area contributed by atoms with Crippen molar-refractivity contribution in [2.75, 3.05) is 46.3 Å². The lowest BCUT2D eigenvalue weighted by molar-refractivity contribution is -0.192. The van der Waals surface area contributed by atoms with E-state index in [1.165, 1.54) is 5.56 Å². The third-order valence-corrected chi connectivity index (χ3v) is 8.07. The van der Waals surface area contributed by atoms with Crippen LogP contribution in [0.1, 0.15) is 45.1 Å². The number of aryl methyl sites for hydroxylation is 1. The molecule has 3 heterocycles. The molecule has 1 atom stereocenters. The van der Waals surface area contributed by atoms with Crippen LogP contribution in [0.2, 0.25) is 0 Å². The number of fused-ring (bicyclic) bond motifs is 1. The average Bonchev–Trinajstić information content (AvgIpc) is 3.29. The Kier molecular flexibility index (Phi) is 8.93. The second-order valence-electron chi connectivity index (χ2n) is 11.1. The Morgan fingerprint density at radius 1 is 1.03 bits per heavy atom. The van der Waals surface area contributed by atoms with Gasteiger partial charge in [-0.3, -0.25) is 9.59 Å². The van der Waals surface area contributed by atoms with Crippen molar-refractivity contribution in [2.24, 2.45) is 16.7 Å². The van der Waals surface area contributed by atoms with Crippen molar-refractivity contribution in [2.45, 2.75) is 52.1 Å². The molecule has 1 aromatic carbocycles. The number of benzene rings is 1. The fourth-order valence-electron chi connectivity index (χ4n) is 6.28. The molecule has 7 nitrogen and oxygen atoms in total. The summed E-state index contributed by atoms with van der Waals surface area (Å²) in [4.78, 5) is 41.6. The lowest BCUT2D eigenvalue weighted by Crippen LogP contribution is -2.53. The number of amides is 2. The van der Waals surface area contributed by atoms with Gasteiger partial charge < -0.3 is 19.8 Å². The number of rotatable bonds is 5. The number of likely N-dealkylation sites (tertiary alicyclic amines) is 3. The van der Waals surface area contributed by atoms with E-state index in [4.69, 9.17) is 9.90 Å². The average molecular weight is 526 g/mol. The number of alkyl halides is 3. The number of aliphatic carboxylic acids is 1. The number of piperidine rings is 1. The maximum absolute atomic E-state index is 13.3. The molecule has 0 aliphatic carbocycles. The van der Waals surface area contributed by atoms with Gasteiger partial charge >= 0.3 is 12.1 Å². The fourth-order valence-corrected chi connectivity index (χ4v) is 6.28. The van der Waals surface area contributed by atoms with Crippen LogP contribution in [0, 0.1) is 16.7 Å². The van der Waals surface area contributed by atoms with E-state index in [1.807, 2.05) is 30.1 Å². The zero-order chi connectivity index (χ0) is 27.4. The highest BCUT2D eigenvalue weighted by Gasteiger charge is 2.64. The highest BCUT2D eigenvalue weighted by molar-refractivity contribution is 5.86. The van der Waals surface area contributed by atoms with Crippen molar-refractivity contribution in [3.8, 4) is 0 Å². The molecule has 0 saturated carbocycles. The van der Waals surface area contributed by atoms with Crippen molar-refractivity contribution in [1.29, 1.82) is 0 Å². The standard InChI is InChI=1S/C25H37N3O2.C2HF3O2/c1-20(2)17-27-18-24(25(19-27)13-14-26(3)23(25)30)11-15-28(16-12-24)22(29)10-9-21-7-5-4-6-8-21;3-2(4,5)1(6)7/h4-8,20H,9-19H2,1-3H3;(H,6,7). The van der Waals surface area contributed by atoms with Gasteiger partial charge in [0.2, 0.25) is 11.8 Å². The monoisotopic (exact) mass is 525 g/mol. The van der Waals surface area contributed by atoms with Gasteiger partial charge in [0.25, 0.3) is 0 Å². The van der Waals surface area contributed by atoms with Gasteiger partial charge in [-0.2, -0.15) is 13.2 Å². The van der Waals surface area contributed by atoms with Crippen molar-refractivity contribution in [3.63, 3.8) is 0 Å². The molecule has 4 rings (SSSR count). The number of carbonyl (C=O) groups excluding carboxylic acids is 2. The zero-order valence-electron chi connectivity index (χ0n) is 21.9. The third-order valence-electron chi connectivity index (χ3n) is 8.07. The summed E-state index contributed by atoms with van der Waals surface area (Å²) in [6.07, 6.45) is -0.824. The first-order chi connectivity index (χ1) is 17.3. The topological polar surface area (TPSA) is 81.2 Å². The number of nitrogens with zero attached hydrogens (tertiary/aromatic N) is 3. The quantitative estimate of drug-likeness (QED) is 0.635. The molecule has 2 amide bonds. The van der Waals surface area contributed by atoms with Crippen LogP contribution in [0.15, 0.2) is 30.3 Å². The van der Waals surface area contributed by atoms with Gasteiger partial charge in [0.15, 0.2) is 0 Å². The minimum absolute atomic E-state index is 0.0277. The van der Waals surface area contributed by atoms with Gasteiger partial charge in [-0.15, -0.1) is 0 Å². The minimum atomic E-state index is -5.08. The van der Waals surface area contributed by atoms with Crippen LogP contribution in [-0.2, 0) is 20.8 Å². The summed E-state index contributed by atoms with van der Waals surface area (Å²) in [5.74, 6) is -1.55. The van der Waals surface area contributed by atoms with E-state index in [9.17, 15) is 22.8 Å². The van der Waals surface area contributed by atoms with E-state index in [-0.39, 0.29) is 16.7 Å². The highest BCUT2D eigenvalue weighted by atomic mass is 19.4. The molecule has 206 valence electrons. The molecule has 37 heavy (non-hydrogen) atoms. The number of carbonyl (C=O) groups is 3. The second kappa shape index (κ2) is 11.4. The summed E-state index contributed by atoms with van der Waals surface area (Å²) >= 11 is 0. The smallest absolute Gasteiger partial charge is 0.475 e. The Morgan fingerprint density at radius 2 is 1.62 bits per heavy atom. The third kappa shape index (κ3) is 6.45. The van der Waals surface area contributed by atoms with Gasteiger partial charge in [0, 0.05) is 58.2 Å². The van der Waals surface area contributed by atoms with E-state index in [0.717, 1.165) is 65.0 Å². The zero-order valence-corrected chi connectivity index (χ0v) is 21.9. The SMILES string of the molecule is CC(C)CN1CC2(CCN(C(=O)CCc3ccccc3)CC2)C2(CCN(C)C2=O)C1.O=C(O)C(F)(F)F. The molecular formula is C27H38F3N3O4. The molecular weight excluding hydrogens is 487 g/mol. The Morgan fingerprint density at radius 3 is 2.11 bits per heavy atom. The van der Waals surface area contributed by atoms with Gasteiger partial charge in [0.05, 0.1) is 5.41 Å². The minimum Gasteiger partial charge on any atom is -0.475 e. The van der Waals surface area contributed by atoms with Crippen LogP contribution >= 0.6 is 0 Å². The second-order valence-corrected chi connectivity index (χ2v) is 11.1. The van der Waals surface area contributed by atoms with E-state index in [2.05, 4.69) is 35.8 Å². The molecule has 1 N–H and O–H groups in total. The molecule has 3 saturated heterocycles. The number of hydrogen-bond acceptors (Lipinski definition) is 4. The predicted molar refractivity (Wildman–Crippen MR) is 133 cm³/mol. The number of hydrogen-bond donors (Lipinski definition) is 1. The Balaban J connectivity index is 0.000000479. The Labute approximate surface area is 216 Å². The molecule has 0 radical (unpaired) electrons. The maximum Gasteiger partial charge on any atom is 0.490 e. The van der Waals surface area contributed by atoms with Crippen molar-refractivity contribution < 1.29 is 32.7 Å². The summed E-state index contributed by atoms with van der Waals surface area (Å²) < 4.78 is 31.7. The van der Waals surface area contributed by atoms with Crippen LogP contribution in [-0.4, -0.2) is 90.1 Å². The molecule has 1 aromatic rings. The maximum atomic E-state index is 13.3. The first-order valence-corrected chi connectivity index (χ1v) is 12.9. The van der Waals surface area contributed by atoms with Crippen LogP contribution in [0.4, 0.5) is 13.2 Å². The van der Waals surface area contributed by atoms with E-state index >= 15 is 0 Å². The normalized spacial score (nSPS) is 23.6. The summed E-state index contributed by atoms with van der Waals surface area (Å²) in [7, 11) is 1.96. The van der Waals surface area contributed by atoms with E-state index < -0.39 is 12.1 Å². The lowest BCUT2D eigenvalue weighted by Gasteiger charge is -2.47. The first kappa shape index (κ1) is 28.9. The summed E-state index contributed by atoms with van der Waals surface area (Å²) in [6.45, 7) is 9.94. The summed E-state index contributed by atoms with van der Waals surface area (Å²) in [5.41, 5.74) is 1.01. The molecule has 10 heteroatoms. The van der Waals surface area contributed by atoms with Crippen molar-refractivity contribution in [1.82, 2.24) is 14.7 Å². The molecule has 1 unspecified atom stereocenters. The van der Waals surface area contributed by atoms with Crippen LogP contribution in [0.3, 0.4) is 0 Å².